The highest BCUT2D eigenvalue weighted by molar-refractivity contribution is 7.99. The molecule has 0 amide bonds. The van der Waals surface area contributed by atoms with Crippen LogP contribution in [0.25, 0.3) is 0 Å². The van der Waals surface area contributed by atoms with E-state index >= 15 is 0 Å². The third kappa shape index (κ3) is 4.90. The molecule has 0 unspecified atom stereocenters. The second-order valence-corrected chi connectivity index (χ2v) is 8.85. The summed E-state index contributed by atoms with van der Waals surface area (Å²) in [5.41, 5.74) is 5.77. The standard InChI is InChI=1S/C25H27N3O2S/c1-3-20-21(15-28-14-6-8-18-7-4-5-9-22(18)28)26-25(27-24(20)30)31-16-23(29)19-12-10-17(2)11-13-19/h4-5,7,9-13H,3,6,8,14-16H2,1-2H3,(H,26,27,30). The van der Waals surface area contributed by atoms with E-state index in [-0.39, 0.29) is 17.1 Å². The van der Waals surface area contributed by atoms with E-state index in [1.54, 1.807) is 0 Å². The van der Waals surface area contributed by atoms with Crippen LogP contribution in [0.5, 0.6) is 0 Å². The van der Waals surface area contributed by atoms with Crippen LogP contribution < -0.4 is 10.5 Å². The maximum atomic E-state index is 12.7. The van der Waals surface area contributed by atoms with Crippen LogP contribution in [0.4, 0.5) is 5.69 Å². The molecule has 0 saturated heterocycles. The van der Waals surface area contributed by atoms with Gasteiger partial charge in [-0.15, -0.1) is 0 Å². The first-order valence-electron chi connectivity index (χ1n) is 10.7. The molecule has 0 spiro atoms. The number of benzene rings is 2. The molecular formula is C25H27N3O2S. The Morgan fingerprint density at radius 1 is 1.16 bits per heavy atom. The number of nitrogens with zero attached hydrogens (tertiary/aromatic N) is 2. The molecule has 6 heteroatoms. The lowest BCUT2D eigenvalue weighted by molar-refractivity contribution is 0.102. The zero-order valence-electron chi connectivity index (χ0n) is 18.0. The normalized spacial score (nSPS) is 13.2. The zero-order valence-corrected chi connectivity index (χ0v) is 18.8. The number of fused-ring (bicyclic) bond motifs is 1. The molecular weight excluding hydrogens is 406 g/mol. The number of hydrogen-bond acceptors (Lipinski definition) is 5. The Morgan fingerprint density at radius 3 is 2.71 bits per heavy atom. The van der Waals surface area contributed by atoms with E-state index in [1.807, 2.05) is 38.1 Å². The van der Waals surface area contributed by atoms with Crippen molar-refractivity contribution in [2.24, 2.45) is 0 Å². The number of carbonyl (C=O) groups excluding carboxylic acids is 1. The average Bonchev–Trinajstić information content (AvgIpc) is 2.78. The van der Waals surface area contributed by atoms with Gasteiger partial charge in [-0.3, -0.25) is 9.59 Å². The molecule has 1 aliphatic rings. The first kappa shape index (κ1) is 21.4. The Bertz CT molecular complexity index is 1140. The van der Waals surface area contributed by atoms with Gasteiger partial charge in [0.2, 0.25) is 0 Å². The predicted molar refractivity (Wildman–Crippen MR) is 126 cm³/mol. The van der Waals surface area contributed by atoms with E-state index in [1.165, 1.54) is 23.0 Å². The SMILES string of the molecule is CCc1c(CN2CCCc3ccccc32)nc(SCC(=O)c2ccc(C)cc2)[nH]c1=O. The van der Waals surface area contributed by atoms with Crippen molar-refractivity contribution in [3.8, 4) is 0 Å². The molecule has 5 nitrogen and oxygen atoms in total. The Labute approximate surface area is 186 Å². The van der Waals surface area contributed by atoms with E-state index in [9.17, 15) is 9.59 Å². The molecule has 1 aliphatic heterocycles. The van der Waals surface area contributed by atoms with Gasteiger partial charge < -0.3 is 9.88 Å². The molecule has 1 aromatic heterocycles. The molecule has 4 rings (SSSR count). The fourth-order valence-corrected chi connectivity index (χ4v) is 4.77. The molecule has 0 saturated carbocycles. The van der Waals surface area contributed by atoms with Gasteiger partial charge in [-0.25, -0.2) is 4.98 Å². The number of nitrogens with one attached hydrogen (secondary N) is 1. The minimum absolute atomic E-state index is 0.0266. The Kier molecular flexibility index (Phi) is 6.56. The minimum Gasteiger partial charge on any atom is -0.365 e. The van der Waals surface area contributed by atoms with Crippen LogP contribution in [-0.2, 0) is 19.4 Å². The van der Waals surface area contributed by atoms with Crippen molar-refractivity contribution in [2.75, 3.05) is 17.2 Å². The summed E-state index contributed by atoms with van der Waals surface area (Å²) >= 11 is 1.29. The lowest BCUT2D eigenvalue weighted by atomic mass is 10.0. The number of Topliss-reactive ketones (excluding diaryl/α,β-unsaturated/α-hetero) is 1. The molecule has 2 aromatic carbocycles. The first-order chi connectivity index (χ1) is 15.0. The highest BCUT2D eigenvalue weighted by Gasteiger charge is 2.20. The van der Waals surface area contributed by atoms with Crippen LogP contribution in [0.15, 0.2) is 58.5 Å². The number of anilines is 1. The van der Waals surface area contributed by atoms with Crippen LogP contribution in [0.3, 0.4) is 0 Å². The highest BCUT2D eigenvalue weighted by atomic mass is 32.2. The lowest BCUT2D eigenvalue weighted by Gasteiger charge is -2.31. The van der Waals surface area contributed by atoms with Gasteiger partial charge in [0.15, 0.2) is 10.9 Å². The monoisotopic (exact) mass is 433 g/mol. The summed E-state index contributed by atoms with van der Waals surface area (Å²) in [5.74, 6) is 0.266. The lowest BCUT2D eigenvalue weighted by Crippen LogP contribution is -2.31. The minimum atomic E-state index is -0.108. The fourth-order valence-electron chi connectivity index (χ4n) is 4.00. The summed E-state index contributed by atoms with van der Waals surface area (Å²) in [7, 11) is 0. The van der Waals surface area contributed by atoms with Crippen molar-refractivity contribution in [3.05, 3.63) is 86.8 Å². The van der Waals surface area contributed by atoms with Gasteiger partial charge in [0.1, 0.15) is 0 Å². The number of ketones is 1. The number of aromatic nitrogens is 2. The number of para-hydroxylation sites is 1. The molecule has 31 heavy (non-hydrogen) atoms. The third-order valence-electron chi connectivity index (χ3n) is 5.69. The van der Waals surface area contributed by atoms with Gasteiger partial charge in [0.05, 0.1) is 18.0 Å². The maximum Gasteiger partial charge on any atom is 0.255 e. The smallest absolute Gasteiger partial charge is 0.255 e. The van der Waals surface area contributed by atoms with E-state index in [4.69, 9.17) is 4.98 Å². The number of thioether (sulfide) groups is 1. The van der Waals surface area contributed by atoms with Crippen LogP contribution in [0.1, 0.15) is 46.1 Å². The highest BCUT2D eigenvalue weighted by Crippen LogP contribution is 2.28. The van der Waals surface area contributed by atoms with Crippen molar-refractivity contribution in [1.82, 2.24) is 9.97 Å². The predicted octanol–water partition coefficient (Wildman–Crippen LogP) is 4.57. The Balaban J connectivity index is 1.54. The zero-order chi connectivity index (χ0) is 21.8. The molecule has 0 atom stereocenters. The molecule has 2 heterocycles. The van der Waals surface area contributed by atoms with Crippen molar-refractivity contribution >= 4 is 23.2 Å². The number of aryl methyl sites for hydroxylation is 2. The van der Waals surface area contributed by atoms with E-state index in [0.717, 1.165) is 36.2 Å². The summed E-state index contributed by atoms with van der Waals surface area (Å²) in [6.07, 6.45) is 2.80. The second-order valence-electron chi connectivity index (χ2n) is 7.88. The van der Waals surface area contributed by atoms with Gasteiger partial charge in [0, 0.05) is 23.4 Å². The number of rotatable bonds is 7. The van der Waals surface area contributed by atoms with Gasteiger partial charge in [-0.1, -0.05) is 66.7 Å². The van der Waals surface area contributed by atoms with Crippen LogP contribution in [0, 0.1) is 6.92 Å². The molecule has 3 aromatic rings. The van der Waals surface area contributed by atoms with E-state index in [0.29, 0.717) is 23.7 Å². The average molecular weight is 434 g/mol. The molecule has 160 valence electrons. The summed E-state index contributed by atoms with van der Waals surface area (Å²) in [5, 5.41) is 0.503. The van der Waals surface area contributed by atoms with Gasteiger partial charge in [0.25, 0.3) is 5.56 Å². The van der Waals surface area contributed by atoms with Crippen LogP contribution >= 0.6 is 11.8 Å². The quantitative estimate of drug-likeness (QED) is 0.336. The van der Waals surface area contributed by atoms with Gasteiger partial charge in [-0.2, -0.15) is 0 Å². The molecule has 1 N–H and O–H groups in total. The van der Waals surface area contributed by atoms with Crippen molar-refractivity contribution < 1.29 is 4.79 Å². The van der Waals surface area contributed by atoms with Gasteiger partial charge in [-0.05, 0) is 37.8 Å². The topological polar surface area (TPSA) is 66.1 Å². The molecule has 0 bridgehead atoms. The number of H-pyrrole nitrogens is 1. The summed E-state index contributed by atoms with van der Waals surface area (Å²) in [6.45, 7) is 5.52. The second kappa shape index (κ2) is 9.52. The van der Waals surface area contributed by atoms with E-state index < -0.39 is 0 Å². The number of hydrogen-bond donors (Lipinski definition) is 1. The summed E-state index contributed by atoms with van der Waals surface area (Å²) < 4.78 is 0. The largest absolute Gasteiger partial charge is 0.365 e. The van der Waals surface area contributed by atoms with E-state index in [2.05, 4.69) is 34.1 Å². The number of aromatic amines is 1. The molecule has 0 aliphatic carbocycles. The van der Waals surface area contributed by atoms with Crippen molar-refractivity contribution in [3.63, 3.8) is 0 Å². The fraction of sp³-hybridized carbons (Fsp3) is 0.320. The van der Waals surface area contributed by atoms with Gasteiger partial charge >= 0.3 is 0 Å². The summed E-state index contributed by atoms with van der Waals surface area (Å²) in [6, 6.07) is 16.0. The van der Waals surface area contributed by atoms with Crippen LogP contribution in [-0.4, -0.2) is 28.0 Å². The Morgan fingerprint density at radius 2 is 1.94 bits per heavy atom. The van der Waals surface area contributed by atoms with Crippen LogP contribution in [0.2, 0.25) is 0 Å². The first-order valence-corrected chi connectivity index (χ1v) is 11.7. The molecule has 0 radical (unpaired) electrons. The maximum absolute atomic E-state index is 12.7. The summed E-state index contributed by atoms with van der Waals surface area (Å²) in [4.78, 5) is 35.2. The van der Waals surface area contributed by atoms with Crippen molar-refractivity contribution in [2.45, 2.75) is 44.8 Å². The Hall–Kier alpha value is -2.86. The third-order valence-corrected chi connectivity index (χ3v) is 6.57. The number of carbonyl (C=O) groups is 1. The molecule has 0 fully saturated rings. The van der Waals surface area contributed by atoms with Crippen molar-refractivity contribution in [1.29, 1.82) is 0 Å².